The second kappa shape index (κ2) is 7.17. The lowest BCUT2D eigenvalue weighted by Crippen LogP contribution is -2.46. The number of nitrogens with one attached hydrogen (secondary N) is 2. The summed E-state index contributed by atoms with van der Waals surface area (Å²) >= 11 is 0. The summed E-state index contributed by atoms with van der Waals surface area (Å²) in [5.41, 5.74) is 0. The van der Waals surface area contributed by atoms with E-state index in [4.69, 9.17) is 14.6 Å². The van der Waals surface area contributed by atoms with Crippen molar-refractivity contribution in [3.63, 3.8) is 0 Å². The van der Waals surface area contributed by atoms with E-state index in [9.17, 15) is 14.4 Å². The molecule has 0 aliphatic rings. The van der Waals surface area contributed by atoms with E-state index in [2.05, 4.69) is 10.6 Å². The van der Waals surface area contributed by atoms with Crippen molar-refractivity contribution in [2.24, 2.45) is 0 Å². The van der Waals surface area contributed by atoms with Crippen molar-refractivity contribution in [1.29, 1.82) is 0 Å². The maximum absolute atomic E-state index is 11.6. The van der Waals surface area contributed by atoms with Gasteiger partial charge in [-0.3, -0.25) is 4.79 Å². The molecule has 1 unspecified atom stereocenters. The monoisotopic (exact) mass is 284 g/mol. The first-order chi connectivity index (χ1) is 9.40. The highest BCUT2D eigenvalue weighted by atomic mass is 16.4. The summed E-state index contributed by atoms with van der Waals surface area (Å²) in [4.78, 5) is 33.0. The van der Waals surface area contributed by atoms with Crippen LogP contribution < -0.4 is 10.6 Å². The van der Waals surface area contributed by atoms with Crippen LogP contribution in [0.25, 0.3) is 0 Å². The number of furan rings is 1. The van der Waals surface area contributed by atoms with Crippen LogP contribution in [0.4, 0.5) is 4.79 Å². The standard InChI is InChI=1S/C12H16N2O6/c1-7(9-3-2-6-20-9)13-12(19)14-8(11(17)18)4-5-10(15)16/h2-3,6-8H,4-5H2,1H3,(H,15,16)(H,17,18)(H2,13,14,19)/t7?,8-/m0/s1. The number of hydrogen-bond donors (Lipinski definition) is 4. The van der Waals surface area contributed by atoms with Crippen LogP contribution >= 0.6 is 0 Å². The van der Waals surface area contributed by atoms with Gasteiger partial charge in [0.25, 0.3) is 0 Å². The Hall–Kier alpha value is -2.51. The molecule has 0 aliphatic carbocycles. The van der Waals surface area contributed by atoms with Gasteiger partial charge in [-0.1, -0.05) is 0 Å². The normalized spacial score (nSPS) is 13.2. The quantitative estimate of drug-likeness (QED) is 0.590. The van der Waals surface area contributed by atoms with Gasteiger partial charge in [0, 0.05) is 6.42 Å². The molecule has 2 amide bonds. The molecule has 1 aromatic heterocycles. The highest BCUT2D eigenvalue weighted by Crippen LogP contribution is 2.11. The molecule has 2 atom stereocenters. The molecular weight excluding hydrogens is 268 g/mol. The predicted molar refractivity (Wildman–Crippen MR) is 67.1 cm³/mol. The summed E-state index contributed by atoms with van der Waals surface area (Å²) in [6.45, 7) is 1.67. The van der Waals surface area contributed by atoms with Crippen molar-refractivity contribution in [2.75, 3.05) is 0 Å². The van der Waals surface area contributed by atoms with E-state index < -0.39 is 30.1 Å². The topological polar surface area (TPSA) is 129 Å². The van der Waals surface area contributed by atoms with Crippen LogP contribution in [0.15, 0.2) is 22.8 Å². The Bertz CT molecular complexity index is 470. The van der Waals surface area contributed by atoms with E-state index in [1.807, 2.05) is 0 Å². The second-order valence-corrected chi connectivity index (χ2v) is 4.18. The molecule has 0 saturated carbocycles. The van der Waals surface area contributed by atoms with Gasteiger partial charge in [0.2, 0.25) is 0 Å². The van der Waals surface area contributed by atoms with Gasteiger partial charge in [0.1, 0.15) is 11.8 Å². The Morgan fingerprint density at radius 1 is 1.30 bits per heavy atom. The summed E-state index contributed by atoms with van der Waals surface area (Å²) in [7, 11) is 0. The van der Waals surface area contributed by atoms with Gasteiger partial charge in [-0.15, -0.1) is 0 Å². The van der Waals surface area contributed by atoms with E-state index in [0.717, 1.165) is 0 Å². The lowest BCUT2D eigenvalue weighted by atomic mass is 10.1. The van der Waals surface area contributed by atoms with E-state index in [0.29, 0.717) is 5.76 Å². The second-order valence-electron chi connectivity index (χ2n) is 4.18. The molecule has 4 N–H and O–H groups in total. The van der Waals surface area contributed by atoms with Gasteiger partial charge in [0.05, 0.1) is 12.3 Å². The summed E-state index contributed by atoms with van der Waals surface area (Å²) in [5.74, 6) is -1.88. The molecule has 1 heterocycles. The number of carboxylic acids is 2. The molecule has 0 fully saturated rings. The van der Waals surface area contributed by atoms with Crippen LogP contribution in [0.1, 0.15) is 31.6 Å². The highest BCUT2D eigenvalue weighted by Gasteiger charge is 2.22. The first kappa shape index (κ1) is 15.5. The van der Waals surface area contributed by atoms with Crippen LogP contribution in [-0.2, 0) is 9.59 Å². The van der Waals surface area contributed by atoms with E-state index >= 15 is 0 Å². The summed E-state index contributed by atoms with van der Waals surface area (Å²) < 4.78 is 5.09. The smallest absolute Gasteiger partial charge is 0.326 e. The van der Waals surface area contributed by atoms with Gasteiger partial charge >= 0.3 is 18.0 Å². The van der Waals surface area contributed by atoms with E-state index in [-0.39, 0.29) is 12.8 Å². The molecule has 0 bridgehead atoms. The molecular formula is C12H16N2O6. The molecule has 20 heavy (non-hydrogen) atoms. The molecule has 1 aromatic rings. The fourth-order valence-electron chi connectivity index (χ4n) is 1.53. The maximum atomic E-state index is 11.6. The zero-order valence-corrected chi connectivity index (χ0v) is 10.8. The first-order valence-corrected chi connectivity index (χ1v) is 5.95. The third-order valence-corrected chi connectivity index (χ3v) is 2.57. The van der Waals surface area contributed by atoms with Crippen molar-refractivity contribution in [3.05, 3.63) is 24.2 Å². The average Bonchev–Trinajstić information content (AvgIpc) is 2.87. The van der Waals surface area contributed by atoms with Crippen molar-refractivity contribution < 1.29 is 29.0 Å². The molecule has 0 saturated heterocycles. The summed E-state index contributed by atoms with van der Waals surface area (Å²) in [6.07, 6.45) is 0.927. The average molecular weight is 284 g/mol. The Kier molecular flexibility index (Phi) is 5.57. The third-order valence-electron chi connectivity index (χ3n) is 2.57. The van der Waals surface area contributed by atoms with Gasteiger partial charge < -0.3 is 25.3 Å². The van der Waals surface area contributed by atoms with Gasteiger partial charge in [-0.05, 0) is 25.5 Å². The predicted octanol–water partition coefficient (Wildman–Crippen LogP) is 0.958. The van der Waals surface area contributed by atoms with Crippen LogP contribution in [0.3, 0.4) is 0 Å². The molecule has 0 spiro atoms. The Labute approximate surface area is 114 Å². The molecule has 8 heteroatoms. The van der Waals surface area contributed by atoms with E-state index in [1.165, 1.54) is 6.26 Å². The molecule has 110 valence electrons. The van der Waals surface area contributed by atoms with Crippen molar-refractivity contribution >= 4 is 18.0 Å². The summed E-state index contributed by atoms with van der Waals surface area (Å²) in [6, 6.07) is 0.947. The number of urea groups is 1. The van der Waals surface area contributed by atoms with Crippen LogP contribution in [-0.4, -0.2) is 34.2 Å². The van der Waals surface area contributed by atoms with E-state index in [1.54, 1.807) is 19.1 Å². The lowest BCUT2D eigenvalue weighted by molar-refractivity contribution is -0.140. The molecule has 0 radical (unpaired) electrons. The summed E-state index contributed by atoms with van der Waals surface area (Å²) in [5, 5.41) is 22.1. The Morgan fingerprint density at radius 3 is 2.50 bits per heavy atom. The zero-order valence-electron chi connectivity index (χ0n) is 10.8. The SMILES string of the molecule is CC(NC(=O)N[C@@H](CCC(=O)O)C(=O)O)c1ccco1. The molecule has 1 rings (SSSR count). The molecule has 8 nitrogen and oxygen atoms in total. The van der Waals surface area contributed by atoms with Gasteiger partial charge in [0.15, 0.2) is 0 Å². The fraction of sp³-hybridized carbons (Fsp3) is 0.417. The minimum absolute atomic E-state index is 0.187. The molecule has 0 aromatic carbocycles. The van der Waals surface area contributed by atoms with Crippen LogP contribution in [0.2, 0.25) is 0 Å². The molecule has 0 aliphatic heterocycles. The van der Waals surface area contributed by atoms with Gasteiger partial charge in [-0.25, -0.2) is 9.59 Å². The number of rotatable bonds is 7. The third kappa shape index (κ3) is 5.01. The number of amides is 2. The number of carbonyl (C=O) groups excluding carboxylic acids is 1. The Balaban J connectivity index is 2.49. The number of hydrogen-bond acceptors (Lipinski definition) is 4. The number of aliphatic carboxylic acids is 2. The first-order valence-electron chi connectivity index (χ1n) is 5.95. The maximum Gasteiger partial charge on any atom is 0.326 e. The van der Waals surface area contributed by atoms with Crippen molar-refractivity contribution in [1.82, 2.24) is 10.6 Å². The van der Waals surface area contributed by atoms with Gasteiger partial charge in [-0.2, -0.15) is 0 Å². The lowest BCUT2D eigenvalue weighted by Gasteiger charge is -2.16. The minimum Gasteiger partial charge on any atom is -0.481 e. The Morgan fingerprint density at radius 2 is 2.00 bits per heavy atom. The fourth-order valence-corrected chi connectivity index (χ4v) is 1.53. The van der Waals surface area contributed by atoms with Crippen molar-refractivity contribution in [3.8, 4) is 0 Å². The number of carbonyl (C=O) groups is 3. The van der Waals surface area contributed by atoms with Crippen LogP contribution in [0, 0.1) is 0 Å². The largest absolute Gasteiger partial charge is 0.481 e. The van der Waals surface area contributed by atoms with Crippen LogP contribution in [0.5, 0.6) is 0 Å². The zero-order chi connectivity index (χ0) is 15.1. The highest BCUT2D eigenvalue weighted by molar-refractivity contribution is 5.83. The number of carboxylic acid groups (broad SMARTS) is 2. The minimum atomic E-state index is -1.29. The van der Waals surface area contributed by atoms with Crippen molar-refractivity contribution in [2.45, 2.75) is 31.8 Å².